The summed E-state index contributed by atoms with van der Waals surface area (Å²) in [4.78, 5) is 39.3. The molecule has 0 spiro atoms. The van der Waals surface area contributed by atoms with Crippen LogP contribution in [-0.2, 0) is 9.53 Å². The van der Waals surface area contributed by atoms with Crippen molar-refractivity contribution in [2.24, 2.45) is 0 Å². The van der Waals surface area contributed by atoms with Gasteiger partial charge in [0.1, 0.15) is 11.9 Å². The van der Waals surface area contributed by atoms with Crippen molar-refractivity contribution < 1.29 is 27.9 Å². The molecule has 0 bridgehead atoms. The predicted molar refractivity (Wildman–Crippen MR) is 111 cm³/mol. The second-order valence-corrected chi connectivity index (χ2v) is 7.46. The summed E-state index contributed by atoms with van der Waals surface area (Å²) < 4.78 is 25.6. The van der Waals surface area contributed by atoms with Crippen LogP contribution in [0.2, 0.25) is 0 Å². The number of amides is 2. The van der Waals surface area contributed by atoms with Gasteiger partial charge in [0, 0.05) is 39.2 Å². The Labute approximate surface area is 178 Å². The summed E-state index contributed by atoms with van der Waals surface area (Å²) in [5.41, 5.74) is 0.867. The molecule has 2 saturated heterocycles. The number of rotatable bonds is 6. The van der Waals surface area contributed by atoms with Crippen molar-refractivity contribution >= 4 is 35.5 Å². The van der Waals surface area contributed by atoms with E-state index in [0.29, 0.717) is 49.7 Å². The van der Waals surface area contributed by atoms with E-state index in [0.717, 1.165) is 0 Å². The molecule has 0 aliphatic carbocycles. The Kier molecular flexibility index (Phi) is 5.79. The number of furan rings is 1. The third-order valence-corrected chi connectivity index (χ3v) is 5.36. The molecule has 1 aromatic carbocycles. The first-order valence-electron chi connectivity index (χ1n) is 10.0. The molecule has 2 aliphatic heterocycles. The number of aldehydes is 1. The molecule has 164 valence electrons. The zero-order valence-corrected chi connectivity index (χ0v) is 17.0. The number of halogens is 1. The van der Waals surface area contributed by atoms with Crippen LogP contribution in [0.1, 0.15) is 17.5 Å². The molecule has 2 amide bonds. The van der Waals surface area contributed by atoms with Gasteiger partial charge in [0.2, 0.25) is 5.91 Å². The second kappa shape index (κ2) is 8.66. The minimum Gasteiger partial charge on any atom is -0.442 e. The summed E-state index contributed by atoms with van der Waals surface area (Å²) in [5, 5.41) is 2.61. The van der Waals surface area contributed by atoms with E-state index in [1.54, 1.807) is 24.3 Å². The van der Waals surface area contributed by atoms with Crippen LogP contribution >= 0.6 is 0 Å². The molecule has 31 heavy (non-hydrogen) atoms. The topological polar surface area (TPSA) is 95.3 Å². The van der Waals surface area contributed by atoms with Crippen molar-refractivity contribution in [1.29, 1.82) is 0 Å². The lowest BCUT2D eigenvalue weighted by atomic mass is 10.2. The Morgan fingerprint density at radius 1 is 1.19 bits per heavy atom. The standard InChI is InChI=1S/C21H23FN4O5/c1-14(28)23-11-17-12-26(21(29)31-17)15-2-4-19(18(22)10-15)24-6-8-25(9-7-24)20-5-3-16(13-27)30-20/h2-5,10,13,17H,6-9,11-12H2,1H3,(H,23,28)/t17-/m0/s1. The number of hydrogen-bond donors (Lipinski definition) is 1. The Morgan fingerprint density at radius 2 is 1.94 bits per heavy atom. The molecule has 0 radical (unpaired) electrons. The van der Waals surface area contributed by atoms with Crippen LogP contribution in [-0.4, -0.2) is 63.7 Å². The summed E-state index contributed by atoms with van der Waals surface area (Å²) in [7, 11) is 0. The average molecular weight is 430 g/mol. The first-order valence-corrected chi connectivity index (χ1v) is 10.0. The lowest BCUT2D eigenvalue weighted by Crippen LogP contribution is -2.46. The van der Waals surface area contributed by atoms with Gasteiger partial charge in [-0.15, -0.1) is 0 Å². The molecule has 2 aromatic rings. The number of ether oxygens (including phenoxy) is 1. The molecular formula is C21H23FN4O5. The number of benzene rings is 1. The van der Waals surface area contributed by atoms with Gasteiger partial charge in [-0.3, -0.25) is 14.5 Å². The molecule has 0 unspecified atom stereocenters. The number of nitrogens with one attached hydrogen (secondary N) is 1. The quantitative estimate of drug-likeness (QED) is 0.701. The molecule has 3 heterocycles. The zero-order chi connectivity index (χ0) is 22.0. The number of cyclic esters (lactones) is 1. The molecular weight excluding hydrogens is 407 g/mol. The molecule has 2 aliphatic rings. The van der Waals surface area contributed by atoms with Crippen LogP contribution < -0.4 is 20.0 Å². The van der Waals surface area contributed by atoms with Crippen LogP contribution in [0.15, 0.2) is 34.7 Å². The van der Waals surface area contributed by atoms with E-state index in [2.05, 4.69) is 5.32 Å². The summed E-state index contributed by atoms with van der Waals surface area (Å²) in [6.07, 6.45) is -0.382. The second-order valence-electron chi connectivity index (χ2n) is 7.46. The van der Waals surface area contributed by atoms with Gasteiger partial charge in [0.05, 0.1) is 24.5 Å². The smallest absolute Gasteiger partial charge is 0.414 e. The summed E-state index contributed by atoms with van der Waals surface area (Å²) in [6.45, 7) is 4.25. The highest BCUT2D eigenvalue weighted by atomic mass is 19.1. The van der Waals surface area contributed by atoms with Crippen molar-refractivity contribution in [2.75, 3.05) is 54.0 Å². The van der Waals surface area contributed by atoms with Gasteiger partial charge in [-0.05, 0) is 24.3 Å². The zero-order valence-electron chi connectivity index (χ0n) is 17.0. The minimum absolute atomic E-state index is 0.207. The number of nitrogens with zero attached hydrogens (tertiary/aromatic N) is 3. The highest BCUT2D eigenvalue weighted by molar-refractivity contribution is 5.90. The van der Waals surface area contributed by atoms with Crippen LogP contribution in [0.4, 0.5) is 26.4 Å². The number of anilines is 3. The lowest BCUT2D eigenvalue weighted by Gasteiger charge is -2.36. The maximum atomic E-state index is 14.9. The number of piperazine rings is 1. The molecule has 1 aromatic heterocycles. The van der Waals surface area contributed by atoms with E-state index in [1.165, 1.54) is 17.9 Å². The molecule has 4 rings (SSSR count). The van der Waals surface area contributed by atoms with E-state index in [4.69, 9.17) is 9.15 Å². The SMILES string of the molecule is CC(=O)NC[C@H]1CN(c2ccc(N3CCN(c4ccc(C=O)o4)CC3)c(F)c2)C(=O)O1. The summed E-state index contributed by atoms with van der Waals surface area (Å²) in [5.74, 6) is 0.268. The predicted octanol–water partition coefficient (Wildman–Crippen LogP) is 2.02. The first-order chi connectivity index (χ1) is 14.9. The normalized spacial score (nSPS) is 18.8. The minimum atomic E-state index is -0.566. The van der Waals surface area contributed by atoms with Crippen molar-refractivity contribution in [3.63, 3.8) is 0 Å². The largest absolute Gasteiger partial charge is 0.442 e. The third kappa shape index (κ3) is 4.47. The van der Waals surface area contributed by atoms with Gasteiger partial charge in [-0.2, -0.15) is 0 Å². The van der Waals surface area contributed by atoms with Gasteiger partial charge in [0.15, 0.2) is 17.9 Å². The third-order valence-electron chi connectivity index (χ3n) is 5.36. The Morgan fingerprint density at radius 3 is 2.58 bits per heavy atom. The Balaban J connectivity index is 1.38. The van der Waals surface area contributed by atoms with Crippen LogP contribution in [0.3, 0.4) is 0 Å². The van der Waals surface area contributed by atoms with Gasteiger partial charge in [-0.25, -0.2) is 9.18 Å². The monoisotopic (exact) mass is 430 g/mol. The average Bonchev–Trinajstić information content (AvgIpc) is 3.39. The van der Waals surface area contributed by atoms with Crippen molar-refractivity contribution in [3.05, 3.63) is 41.9 Å². The molecule has 1 N–H and O–H groups in total. The van der Waals surface area contributed by atoms with Crippen LogP contribution in [0.25, 0.3) is 0 Å². The van der Waals surface area contributed by atoms with Crippen molar-refractivity contribution in [2.45, 2.75) is 13.0 Å². The van der Waals surface area contributed by atoms with Gasteiger partial charge in [-0.1, -0.05) is 0 Å². The summed E-state index contributed by atoms with van der Waals surface area (Å²) in [6, 6.07) is 8.05. The van der Waals surface area contributed by atoms with E-state index in [-0.39, 0.29) is 24.8 Å². The number of hydrogen-bond acceptors (Lipinski definition) is 7. The van der Waals surface area contributed by atoms with E-state index in [9.17, 15) is 18.8 Å². The molecule has 0 saturated carbocycles. The van der Waals surface area contributed by atoms with Gasteiger partial charge >= 0.3 is 6.09 Å². The van der Waals surface area contributed by atoms with Gasteiger partial charge in [0.25, 0.3) is 0 Å². The van der Waals surface area contributed by atoms with Crippen molar-refractivity contribution in [1.82, 2.24) is 5.32 Å². The van der Waals surface area contributed by atoms with Crippen LogP contribution in [0, 0.1) is 5.82 Å². The number of carbonyl (C=O) groups is 3. The Hall–Kier alpha value is -3.56. The Bertz CT molecular complexity index is 986. The fraction of sp³-hybridized carbons (Fsp3) is 0.381. The highest BCUT2D eigenvalue weighted by Crippen LogP contribution is 2.29. The van der Waals surface area contributed by atoms with E-state index >= 15 is 0 Å². The molecule has 10 heteroatoms. The fourth-order valence-corrected chi connectivity index (χ4v) is 3.76. The van der Waals surface area contributed by atoms with E-state index in [1.807, 2.05) is 9.80 Å². The first kappa shape index (κ1) is 20.7. The fourth-order valence-electron chi connectivity index (χ4n) is 3.76. The van der Waals surface area contributed by atoms with E-state index < -0.39 is 18.0 Å². The van der Waals surface area contributed by atoms with Crippen molar-refractivity contribution in [3.8, 4) is 0 Å². The lowest BCUT2D eigenvalue weighted by molar-refractivity contribution is -0.119. The maximum Gasteiger partial charge on any atom is 0.414 e. The van der Waals surface area contributed by atoms with Gasteiger partial charge < -0.3 is 24.3 Å². The van der Waals surface area contributed by atoms with Crippen LogP contribution in [0.5, 0.6) is 0 Å². The molecule has 2 fully saturated rings. The molecule has 1 atom stereocenters. The highest BCUT2D eigenvalue weighted by Gasteiger charge is 2.33. The maximum absolute atomic E-state index is 14.9. The number of carbonyl (C=O) groups excluding carboxylic acids is 3. The molecule has 9 nitrogen and oxygen atoms in total. The summed E-state index contributed by atoms with van der Waals surface area (Å²) >= 11 is 0.